The summed E-state index contributed by atoms with van der Waals surface area (Å²) < 4.78 is 0. The minimum atomic E-state index is 0.155. The second kappa shape index (κ2) is 4.18. The predicted octanol–water partition coefficient (Wildman–Crippen LogP) is -0.171. The van der Waals surface area contributed by atoms with Crippen molar-refractivity contribution in [2.24, 2.45) is 5.73 Å². The predicted molar refractivity (Wildman–Crippen MR) is 50.2 cm³/mol. The van der Waals surface area contributed by atoms with Gasteiger partial charge in [0.2, 0.25) is 0 Å². The summed E-state index contributed by atoms with van der Waals surface area (Å²) in [6, 6.07) is 0. The van der Waals surface area contributed by atoms with Crippen LogP contribution in [-0.2, 0) is 0 Å². The molecule has 0 aliphatic carbocycles. The summed E-state index contributed by atoms with van der Waals surface area (Å²) in [5, 5.41) is 2.23. The van der Waals surface area contributed by atoms with Crippen molar-refractivity contribution in [2.75, 3.05) is 19.6 Å². The van der Waals surface area contributed by atoms with Gasteiger partial charge in [-0.3, -0.25) is 0 Å². The van der Waals surface area contributed by atoms with Gasteiger partial charge in [0.25, 0.3) is 0 Å². The van der Waals surface area contributed by atoms with E-state index in [9.17, 15) is 0 Å². The zero-order valence-corrected chi connectivity index (χ0v) is 8.06. The van der Waals surface area contributed by atoms with Crippen molar-refractivity contribution >= 4 is 0 Å². The van der Waals surface area contributed by atoms with Crippen molar-refractivity contribution in [2.45, 2.75) is 32.2 Å². The van der Waals surface area contributed by atoms with Crippen LogP contribution in [0.3, 0.4) is 0 Å². The Morgan fingerprint density at radius 1 is 1.50 bits per heavy atom. The van der Waals surface area contributed by atoms with Crippen LogP contribution in [0.1, 0.15) is 26.7 Å². The summed E-state index contributed by atoms with van der Waals surface area (Å²) in [7, 11) is 0. The number of hydrogen-bond acceptors (Lipinski definition) is 4. The maximum atomic E-state index is 5.55. The molecule has 12 heavy (non-hydrogen) atoms. The van der Waals surface area contributed by atoms with E-state index in [0.717, 1.165) is 26.1 Å². The van der Waals surface area contributed by atoms with E-state index in [0.29, 0.717) is 0 Å². The summed E-state index contributed by atoms with van der Waals surface area (Å²) in [6.07, 6.45) is 2.21. The maximum absolute atomic E-state index is 5.55. The second-order valence-electron chi connectivity index (χ2n) is 3.89. The fourth-order valence-electron chi connectivity index (χ4n) is 1.47. The highest BCUT2D eigenvalue weighted by atomic mass is 15.7. The number of hydrogen-bond donors (Lipinski definition) is 3. The highest BCUT2D eigenvalue weighted by Crippen LogP contribution is 2.16. The molecule has 0 bridgehead atoms. The van der Waals surface area contributed by atoms with Crippen LogP contribution in [0.15, 0.2) is 0 Å². The number of nitrogens with two attached hydrogens (primary N) is 1. The molecular weight excluding hydrogens is 152 g/mol. The minimum Gasteiger partial charge on any atom is -0.330 e. The van der Waals surface area contributed by atoms with Gasteiger partial charge in [0, 0.05) is 18.6 Å². The van der Waals surface area contributed by atoms with Gasteiger partial charge in [-0.1, -0.05) is 0 Å². The lowest BCUT2D eigenvalue weighted by Gasteiger charge is -2.41. The van der Waals surface area contributed by atoms with Crippen LogP contribution in [0.5, 0.6) is 0 Å². The monoisotopic (exact) mass is 172 g/mol. The third-order valence-corrected chi connectivity index (χ3v) is 2.38. The quantitative estimate of drug-likeness (QED) is 0.553. The van der Waals surface area contributed by atoms with Gasteiger partial charge in [-0.2, -0.15) is 5.53 Å². The molecule has 4 N–H and O–H groups in total. The summed E-state index contributed by atoms with van der Waals surface area (Å²) in [5.41, 5.74) is 12.0. The molecule has 0 aromatic rings. The Morgan fingerprint density at radius 3 is 2.75 bits per heavy atom. The molecule has 0 unspecified atom stereocenters. The number of nitrogens with one attached hydrogen (secondary N) is 2. The summed E-state index contributed by atoms with van der Waals surface area (Å²) >= 11 is 0. The largest absolute Gasteiger partial charge is 0.330 e. The molecule has 1 aliphatic heterocycles. The number of nitrogens with zero attached hydrogens (tertiary/aromatic N) is 1. The molecule has 1 fully saturated rings. The van der Waals surface area contributed by atoms with Crippen LogP contribution in [-0.4, -0.2) is 30.2 Å². The first kappa shape index (κ1) is 9.92. The Bertz CT molecular complexity index is 129. The third-order valence-electron chi connectivity index (χ3n) is 2.38. The normalized spacial score (nSPS) is 21.2. The van der Waals surface area contributed by atoms with Gasteiger partial charge in [-0.15, -0.1) is 0 Å². The zero-order valence-electron chi connectivity index (χ0n) is 8.06. The number of rotatable bonds is 3. The van der Waals surface area contributed by atoms with E-state index in [1.54, 1.807) is 0 Å². The standard InChI is InChI=1S/C8H20N4/c1-8(2,4-5-9)12-7-3-6-10-11-12/h10-11H,3-7,9H2,1-2H3. The first-order valence-electron chi connectivity index (χ1n) is 4.63. The summed E-state index contributed by atoms with van der Waals surface area (Å²) in [5.74, 6) is 0. The van der Waals surface area contributed by atoms with Crippen molar-refractivity contribution in [3.63, 3.8) is 0 Å². The molecule has 0 amide bonds. The third kappa shape index (κ3) is 2.42. The molecule has 0 spiro atoms. The van der Waals surface area contributed by atoms with Gasteiger partial charge in [-0.05, 0) is 33.2 Å². The molecule has 0 aromatic heterocycles. The molecule has 0 atom stereocenters. The smallest absolute Gasteiger partial charge is 0.0323 e. The molecule has 1 aliphatic rings. The SMILES string of the molecule is CC(C)(CCN)N1CCCNN1. The molecule has 0 saturated carbocycles. The van der Waals surface area contributed by atoms with Crippen molar-refractivity contribution in [3.8, 4) is 0 Å². The van der Waals surface area contributed by atoms with Crippen molar-refractivity contribution in [1.82, 2.24) is 16.0 Å². The summed E-state index contributed by atoms with van der Waals surface area (Å²) in [4.78, 5) is 0. The van der Waals surface area contributed by atoms with Crippen LogP contribution < -0.4 is 16.7 Å². The Kier molecular flexibility index (Phi) is 3.46. The molecule has 1 heterocycles. The zero-order chi connectivity index (χ0) is 9.03. The molecule has 0 radical (unpaired) electrons. The van der Waals surface area contributed by atoms with E-state index < -0.39 is 0 Å². The fraction of sp³-hybridized carbons (Fsp3) is 1.00. The lowest BCUT2D eigenvalue weighted by molar-refractivity contribution is 0.0112. The Morgan fingerprint density at radius 2 is 2.25 bits per heavy atom. The molecule has 4 nitrogen and oxygen atoms in total. The average Bonchev–Trinajstić information content (AvgIpc) is 2.06. The van der Waals surface area contributed by atoms with E-state index in [1.165, 1.54) is 6.42 Å². The van der Waals surface area contributed by atoms with E-state index in [1.807, 2.05) is 0 Å². The van der Waals surface area contributed by atoms with E-state index in [4.69, 9.17) is 5.73 Å². The van der Waals surface area contributed by atoms with Crippen molar-refractivity contribution in [1.29, 1.82) is 0 Å². The van der Waals surface area contributed by atoms with Crippen LogP contribution in [0.2, 0.25) is 0 Å². The van der Waals surface area contributed by atoms with Crippen LogP contribution in [0.25, 0.3) is 0 Å². The Labute approximate surface area is 74.4 Å². The molecule has 0 aromatic carbocycles. The van der Waals surface area contributed by atoms with Crippen LogP contribution in [0.4, 0.5) is 0 Å². The lowest BCUT2D eigenvalue weighted by Crippen LogP contribution is -2.61. The first-order valence-corrected chi connectivity index (χ1v) is 4.63. The molecule has 72 valence electrons. The average molecular weight is 172 g/mol. The molecule has 1 rings (SSSR count). The van der Waals surface area contributed by atoms with Crippen LogP contribution in [0, 0.1) is 0 Å². The second-order valence-corrected chi connectivity index (χ2v) is 3.89. The van der Waals surface area contributed by atoms with Crippen molar-refractivity contribution in [3.05, 3.63) is 0 Å². The number of hydrazine groups is 2. The van der Waals surface area contributed by atoms with E-state index >= 15 is 0 Å². The fourth-order valence-corrected chi connectivity index (χ4v) is 1.47. The van der Waals surface area contributed by atoms with Gasteiger partial charge in [0.15, 0.2) is 0 Å². The van der Waals surface area contributed by atoms with Gasteiger partial charge in [0.05, 0.1) is 0 Å². The highest BCUT2D eigenvalue weighted by molar-refractivity contribution is 4.80. The Balaban J connectivity index is 2.41. The highest BCUT2D eigenvalue weighted by Gasteiger charge is 2.26. The summed E-state index contributed by atoms with van der Waals surface area (Å²) in [6.45, 7) is 7.31. The van der Waals surface area contributed by atoms with Crippen LogP contribution >= 0.6 is 0 Å². The first-order chi connectivity index (χ1) is 5.67. The molecular formula is C8H20N4. The van der Waals surface area contributed by atoms with Gasteiger partial charge in [-0.25, -0.2) is 10.4 Å². The Hall–Kier alpha value is -0.160. The van der Waals surface area contributed by atoms with E-state index in [-0.39, 0.29) is 5.54 Å². The molecule has 4 heteroatoms. The van der Waals surface area contributed by atoms with Gasteiger partial charge >= 0.3 is 0 Å². The van der Waals surface area contributed by atoms with Gasteiger partial charge in [0.1, 0.15) is 0 Å². The lowest BCUT2D eigenvalue weighted by atomic mass is 9.99. The van der Waals surface area contributed by atoms with Gasteiger partial charge < -0.3 is 5.73 Å². The maximum Gasteiger partial charge on any atom is 0.0323 e. The molecule has 1 saturated heterocycles. The van der Waals surface area contributed by atoms with E-state index in [2.05, 4.69) is 29.8 Å². The topological polar surface area (TPSA) is 53.3 Å². The minimum absolute atomic E-state index is 0.155. The van der Waals surface area contributed by atoms with Crippen molar-refractivity contribution < 1.29 is 0 Å².